The zero-order chi connectivity index (χ0) is 17.6. The van der Waals surface area contributed by atoms with E-state index in [0.717, 1.165) is 19.3 Å². The minimum atomic E-state index is -0.541. The van der Waals surface area contributed by atoms with Gasteiger partial charge in [0.25, 0.3) is 0 Å². The molecule has 0 spiro atoms. The maximum atomic E-state index is 11.9. The average Bonchev–Trinajstić information content (AvgIpc) is 2.51. The van der Waals surface area contributed by atoms with E-state index in [1.165, 1.54) is 11.1 Å². The zero-order valence-electron chi connectivity index (χ0n) is 14.7. The number of nitrogens with zero attached hydrogens (tertiary/aromatic N) is 1. The molecule has 0 saturated heterocycles. The summed E-state index contributed by atoms with van der Waals surface area (Å²) in [5.74, 6) is -0.0215. The minimum absolute atomic E-state index is 0.171. The SMILES string of the molecule is CC(C)(C)OC(=O)NCCC(=O)N=CC1CCCc2ccccc21. The van der Waals surface area contributed by atoms with Gasteiger partial charge in [-0.1, -0.05) is 24.3 Å². The summed E-state index contributed by atoms with van der Waals surface area (Å²) >= 11 is 0. The first-order valence-corrected chi connectivity index (χ1v) is 8.47. The Bertz CT molecular complexity index is 617. The standard InChI is InChI=1S/C19H26N2O3/c1-19(2,3)24-18(23)20-12-11-17(22)21-13-15-9-6-8-14-7-4-5-10-16(14)15/h4-5,7,10,13,15H,6,8-9,11-12H2,1-3H3,(H,20,23). The third-order valence-electron chi connectivity index (χ3n) is 3.82. The Morgan fingerprint density at radius 2 is 2.08 bits per heavy atom. The van der Waals surface area contributed by atoms with Crippen LogP contribution >= 0.6 is 0 Å². The number of benzene rings is 1. The summed E-state index contributed by atoms with van der Waals surface area (Å²) < 4.78 is 5.11. The van der Waals surface area contributed by atoms with Crippen molar-refractivity contribution >= 4 is 18.2 Å². The van der Waals surface area contributed by atoms with Crippen LogP contribution in [0.15, 0.2) is 29.3 Å². The van der Waals surface area contributed by atoms with Crippen LogP contribution in [-0.2, 0) is 16.0 Å². The molecule has 1 aliphatic rings. The molecule has 2 amide bonds. The molecule has 1 unspecified atom stereocenters. The van der Waals surface area contributed by atoms with Crippen LogP contribution in [0.5, 0.6) is 0 Å². The van der Waals surface area contributed by atoms with Crippen LogP contribution in [0.25, 0.3) is 0 Å². The maximum Gasteiger partial charge on any atom is 0.407 e. The Hall–Kier alpha value is -2.17. The highest BCUT2D eigenvalue weighted by Crippen LogP contribution is 2.29. The molecule has 0 aliphatic heterocycles. The van der Waals surface area contributed by atoms with E-state index >= 15 is 0 Å². The first-order chi connectivity index (χ1) is 11.3. The van der Waals surface area contributed by atoms with Crippen molar-refractivity contribution in [3.8, 4) is 0 Å². The summed E-state index contributed by atoms with van der Waals surface area (Å²) in [4.78, 5) is 27.4. The number of nitrogens with one attached hydrogen (secondary N) is 1. The predicted molar refractivity (Wildman–Crippen MR) is 94.5 cm³/mol. The van der Waals surface area contributed by atoms with E-state index in [0.29, 0.717) is 0 Å². The Morgan fingerprint density at radius 3 is 2.83 bits per heavy atom. The molecule has 0 radical (unpaired) electrons. The second-order valence-electron chi connectivity index (χ2n) is 7.05. The molecule has 0 bridgehead atoms. The fourth-order valence-corrected chi connectivity index (χ4v) is 2.77. The number of rotatable bonds is 4. The fraction of sp³-hybridized carbons (Fsp3) is 0.526. The van der Waals surface area contributed by atoms with Crippen molar-refractivity contribution in [2.24, 2.45) is 4.99 Å². The highest BCUT2D eigenvalue weighted by Gasteiger charge is 2.18. The molecule has 130 valence electrons. The first kappa shape index (κ1) is 18.2. The van der Waals surface area contributed by atoms with E-state index in [-0.39, 0.29) is 24.8 Å². The molecule has 5 nitrogen and oxygen atoms in total. The van der Waals surface area contributed by atoms with Crippen LogP contribution in [0.1, 0.15) is 57.1 Å². The Balaban J connectivity index is 1.79. The van der Waals surface area contributed by atoms with Gasteiger partial charge in [0.1, 0.15) is 5.60 Å². The lowest BCUT2D eigenvalue weighted by Crippen LogP contribution is -2.33. The number of aryl methyl sites for hydroxylation is 1. The lowest BCUT2D eigenvalue weighted by atomic mass is 9.83. The normalized spacial score (nSPS) is 17.4. The van der Waals surface area contributed by atoms with Gasteiger partial charge in [-0.15, -0.1) is 0 Å². The monoisotopic (exact) mass is 330 g/mol. The second-order valence-corrected chi connectivity index (χ2v) is 7.05. The molecule has 0 aromatic heterocycles. The van der Waals surface area contributed by atoms with E-state index < -0.39 is 11.7 Å². The predicted octanol–water partition coefficient (Wildman–Crippen LogP) is 3.62. The minimum Gasteiger partial charge on any atom is -0.444 e. The highest BCUT2D eigenvalue weighted by atomic mass is 16.6. The van der Waals surface area contributed by atoms with E-state index in [4.69, 9.17) is 4.74 Å². The Labute approximate surface area is 143 Å². The number of carbonyl (C=O) groups excluding carboxylic acids is 2. The van der Waals surface area contributed by atoms with Crippen molar-refractivity contribution in [2.45, 2.75) is 58.0 Å². The molecule has 1 N–H and O–H groups in total. The van der Waals surface area contributed by atoms with Crippen molar-refractivity contribution in [1.29, 1.82) is 0 Å². The molecule has 0 fully saturated rings. The van der Waals surface area contributed by atoms with Crippen molar-refractivity contribution in [1.82, 2.24) is 5.32 Å². The van der Waals surface area contributed by atoms with E-state index in [2.05, 4.69) is 22.4 Å². The van der Waals surface area contributed by atoms with Crippen LogP contribution in [0.4, 0.5) is 4.79 Å². The van der Waals surface area contributed by atoms with Gasteiger partial charge in [-0.3, -0.25) is 4.79 Å². The van der Waals surface area contributed by atoms with Gasteiger partial charge in [0.2, 0.25) is 5.91 Å². The number of amides is 2. The first-order valence-electron chi connectivity index (χ1n) is 8.47. The smallest absolute Gasteiger partial charge is 0.407 e. The molecular weight excluding hydrogens is 304 g/mol. The van der Waals surface area contributed by atoms with Gasteiger partial charge >= 0.3 is 6.09 Å². The largest absolute Gasteiger partial charge is 0.444 e. The number of aliphatic imine (C=N–C) groups is 1. The van der Waals surface area contributed by atoms with Gasteiger partial charge in [0.15, 0.2) is 0 Å². The number of hydrogen-bond acceptors (Lipinski definition) is 3. The number of ether oxygens (including phenoxy) is 1. The molecule has 1 aromatic rings. The molecular formula is C19H26N2O3. The van der Waals surface area contributed by atoms with Gasteiger partial charge < -0.3 is 10.1 Å². The molecule has 1 aliphatic carbocycles. The van der Waals surface area contributed by atoms with Crippen molar-refractivity contribution in [3.63, 3.8) is 0 Å². The van der Waals surface area contributed by atoms with Crippen molar-refractivity contribution in [2.75, 3.05) is 6.54 Å². The molecule has 2 rings (SSSR count). The average molecular weight is 330 g/mol. The number of carbonyl (C=O) groups is 2. The van der Waals surface area contributed by atoms with Gasteiger partial charge in [0.05, 0.1) is 0 Å². The lowest BCUT2D eigenvalue weighted by molar-refractivity contribution is -0.117. The van der Waals surface area contributed by atoms with Crippen LogP contribution in [0.2, 0.25) is 0 Å². The van der Waals surface area contributed by atoms with Crippen molar-refractivity contribution < 1.29 is 14.3 Å². The van der Waals surface area contributed by atoms with Gasteiger partial charge in [-0.2, -0.15) is 0 Å². The second kappa shape index (κ2) is 8.08. The third-order valence-corrected chi connectivity index (χ3v) is 3.82. The molecule has 5 heteroatoms. The molecule has 1 aromatic carbocycles. The number of hydrogen-bond donors (Lipinski definition) is 1. The topological polar surface area (TPSA) is 67.8 Å². The summed E-state index contributed by atoms with van der Waals surface area (Å²) in [5, 5.41) is 2.57. The summed E-state index contributed by atoms with van der Waals surface area (Å²) in [6, 6.07) is 8.32. The van der Waals surface area contributed by atoms with Crippen LogP contribution in [-0.4, -0.2) is 30.4 Å². The van der Waals surface area contributed by atoms with Gasteiger partial charge in [-0.25, -0.2) is 9.79 Å². The molecule has 24 heavy (non-hydrogen) atoms. The molecule has 1 atom stereocenters. The quantitative estimate of drug-likeness (QED) is 0.857. The number of alkyl carbamates (subject to hydrolysis) is 1. The van der Waals surface area contributed by atoms with E-state index in [1.54, 1.807) is 27.0 Å². The summed E-state index contributed by atoms with van der Waals surface area (Å²) in [6.07, 6.45) is 4.64. The number of fused-ring (bicyclic) bond motifs is 1. The van der Waals surface area contributed by atoms with Crippen LogP contribution in [0, 0.1) is 0 Å². The lowest BCUT2D eigenvalue weighted by Gasteiger charge is -2.22. The van der Waals surface area contributed by atoms with Crippen LogP contribution in [0.3, 0.4) is 0 Å². The Kier molecular flexibility index (Phi) is 6.12. The highest BCUT2D eigenvalue weighted by molar-refractivity contribution is 5.87. The van der Waals surface area contributed by atoms with Crippen LogP contribution < -0.4 is 5.32 Å². The van der Waals surface area contributed by atoms with Gasteiger partial charge in [0, 0.05) is 25.1 Å². The summed E-state index contributed by atoms with van der Waals surface area (Å²) in [5.41, 5.74) is 2.08. The summed E-state index contributed by atoms with van der Waals surface area (Å²) in [7, 11) is 0. The summed E-state index contributed by atoms with van der Waals surface area (Å²) in [6.45, 7) is 5.62. The zero-order valence-corrected chi connectivity index (χ0v) is 14.7. The molecule has 0 saturated carbocycles. The van der Waals surface area contributed by atoms with Gasteiger partial charge in [-0.05, 0) is 51.2 Å². The molecule has 0 heterocycles. The third kappa shape index (κ3) is 5.80. The van der Waals surface area contributed by atoms with Crippen molar-refractivity contribution in [3.05, 3.63) is 35.4 Å². The van der Waals surface area contributed by atoms with E-state index in [1.807, 2.05) is 12.1 Å². The van der Waals surface area contributed by atoms with E-state index in [9.17, 15) is 9.59 Å². The Morgan fingerprint density at radius 1 is 1.33 bits per heavy atom. The maximum absolute atomic E-state index is 11.9. The fourth-order valence-electron chi connectivity index (χ4n) is 2.77.